The smallest absolute Gasteiger partial charge is 0.331 e. The van der Waals surface area contributed by atoms with Gasteiger partial charge in [-0.05, 0) is 47.6 Å². The van der Waals surface area contributed by atoms with Crippen LogP contribution in [0, 0.1) is 5.92 Å². The summed E-state index contributed by atoms with van der Waals surface area (Å²) in [4.78, 5) is 26.7. The summed E-state index contributed by atoms with van der Waals surface area (Å²) in [7, 11) is 0. The molecule has 2 heterocycles. The molecule has 6 nitrogen and oxygen atoms in total. The van der Waals surface area contributed by atoms with Gasteiger partial charge >= 0.3 is 5.97 Å². The van der Waals surface area contributed by atoms with E-state index in [1.54, 1.807) is 4.90 Å². The minimum atomic E-state index is -0.975. The number of nitrogens with zero attached hydrogens (tertiary/aromatic N) is 1. The zero-order valence-corrected chi connectivity index (χ0v) is 15.3. The van der Waals surface area contributed by atoms with Gasteiger partial charge in [0.25, 0.3) is 0 Å². The maximum Gasteiger partial charge on any atom is 0.331 e. The third-order valence-electron chi connectivity index (χ3n) is 5.90. The number of carboxylic acid groups (broad SMARTS) is 1. The first-order valence-corrected chi connectivity index (χ1v) is 9.64. The molecule has 0 saturated heterocycles. The molecule has 2 aliphatic heterocycles. The summed E-state index contributed by atoms with van der Waals surface area (Å²) in [5.41, 5.74) is 2.79. The molecule has 2 aromatic rings. The number of carbonyl (C=O) groups excluding carboxylic acids is 1. The minimum absolute atomic E-state index is 0.0678. The van der Waals surface area contributed by atoms with Crippen LogP contribution in [0.2, 0.25) is 0 Å². The van der Waals surface area contributed by atoms with Crippen LogP contribution in [0.4, 0.5) is 0 Å². The average molecular weight is 379 g/mol. The first-order chi connectivity index (χ1) is 13.6. The molecule has 3 aliphatic rings. The van der Waals surface area contributed by atoms with Crippen molar-refractivity contribution in [3.05, 3.63) is 59.2 Å². The van der Waals surface area contributed by atoms with E-state index in [4.69, 9.17) is 9.47 Å². The van der Waals surface area contributed by atoms with Crippen molar-refractivity contribution in [2.24, 2.45) is 5.92 Å². The number of hydrogen-bond donors (Lipinski definition) is 1. The number of fused-ring (bicyclic) bond motifs is 2. The van der Waals surface area contributed by atoms with Gasteiger partial charge in [-0.15, -0.1) is 0 Å². The number of amides is 1. The van der Waals surface area contributed by atoms with E-state index in [9.17, 15) is 14.7 Å². The topological polar surface area (TPSA) is 76.1 Å². The van der Waals surface area contributed by atoms with Crippen molar-refractivity contribution < 1.29 is 24.2 Å². The molecule has 2 aromatic carbocycles. The molecule has 28 heavy (non-hydrogen) atoms. The lowest BCUT2D eigenvalue weighted by atomic mass is 9.92. The van der Waals surface area contributed by atoms with E-state index >= 15 is 0 Å². The van der Waals surface area contributed by atoms with E-state index in [1.807, 2.05) is 42.5 Å². The van der Waals surface area contributed by atoms with Gasteiger partial charge in [-0.2, -0.15) is 0 Å². The number of benzene rings is 2. The summed E-state index contributed by atoms with van der Waals surface area (Å²) in [6.07, 6.45) is 1.43. The molecule has 1 saturated carbocycles. The molecule has 1 fully saturated rings. The second-order valence-electron chi connectivity index (χ2n) is 7.57. The van der Waals surface area contributed by atoms with Gasteiger partial charge in [0.15, 0.2) is 17.5 Å². The highest BCUT2D eigenvalue weighted by atomic mass is 16.6. The highest BCUT2D eigenvalue weighted by molar-refractivity contribution is 5.89. The van der Waals surface area contributed by atoms with E-state index in [-0.39, 0.29) is 17.7 Å². The lowest BCUT2D eigenvalue weighted by Crippen LogP contribution is -2.44. The van der Waals surface area contributed by atoms with Gasteiger partial charge < -0.3 is 19.5 Å². The van der Waals surface area contributed by atoms with E-state index in [0.29, 0.717) is 26.2 Å². The summed E-state index contributed by atoms with van der Waals surface area (Å²) in [5.74, 6) is 0.345. The molecule has 1 amide bonds. The third-order valence-corrected chi connectivity index (χ3v) is 5.90. The maximum atomic E-state index is 13.2. The first-order valence-electron chi connectivity index (χ1n) is 9.64. The molecule has 0 spiro atoms. The van der Waals surface area contributed by atoms with Crippen LogP contribution in [0.3, 0.4) is 0 Å². The molecular weight excluding hydrogens is 358 g/mol. The van der Waals surface area contributed by atoms with Crippen molar-refractivity contribution in [2.45, 2.75) is 24.8 Å². The van der Waals surface area contributed by atoms with Gasteiger partial charge in [-0.25, -0.2) is 4.79 Å². The van der Waals surface area contributed by atoms with Crippen LogP contribution in [-0.4, -0.2) is 41.6 Å². The van der Waals surface area contributed by atoms with Gasteiger partial charge in [-0.3, -0.25) is 4.79 Å². The Kier molecular flexibility index (Phi) is 4.00. The number of hydrogen-bond acceptors (Lipinski definition) is 4. The molecule has 0 radical (unpaired) electrons. The lowest BCUT2D eigenvalue weighted by Gasteiger charge is -2.35. The Morgan fingerprint density at radius 3 is 2.64 bits per heavy atom. The minimum Gasteiger partial charge on any atom is -0.486 e. The highest BCUT2D eigenvalue weighted by Crippen LogP contribution is 2.51. The summed E-state index contributed by atoms with van der Waals surface area (Å²) in [5, 5.41) is 9.80. The summed E-state index contributed by atoms with van der Waals surface area (Å²) in [6, 6.07) is 12.4. The molecular formula is C22H21NO5. The zero-order chi connectivity index (χ0) is 19.3. The van der Waals surface area contributed by atoms with E-state index in [2.05, 4.69) is 0 Å². The Hall–Kier alpha value is -3.02. The van der Waals surface area contributed by atoms with Gasteiger partial charge in [0.2, 0.25) is 5.91 Å². The van der Waals surface area contributed by atoms with Crippen LogP contribution >= 0.6 is 0 Å². The Bertz CT molecular complexity index is 956. The molecule has 5 rings (SSSR count). The molecule has 6 heteroatoms. The molecule has 1 N–H and O–H groups in total. The fraction of sp³-hybridized carbons (Fsp3) is 0.364. The standard InChI is InChI=1S/C22H21NO5/c24-21(23-8-7-13-3-1-2-4-15(13)20(23)22(25)26)17-12-16(17)14-5-6-18-19(11-14)28-10-9-27-18/h1-6,11,16-17,20H,7-10,12H2,(H,25,26). The fourth-order valence-corrected chi connectivity index (χ4v) is 4.41. The van der Waals surface area contributed by atoms with Gasteiger partial charge in [0.05, 0.1) is 0 Å². The monoisotopic (exact) mass is 379 g/mol. The molecule has 0 bridgehead atoms. The predicted molar refractivity (Wildman–Crippen MR) is 101 cm³/mol. The number of carboxylic acids is 1. The summed E-state index contributed by atoms with van der Waals surface area (Å²) < 4.78 is 11.2. The van der Waals surface area contributed by atoms with Crippen LogP contribution < -0.4 is 9.47 Å². The van der Waals surface area contributed by atoms with Gasteiger partial charge in [-0.1, -0.05) is 30.3 Å². The molecule has 3 unspecified atom stereocenters. The Morgan fingerprint density at radius 1 is 1.04 bits per heavy atom. The number of ether oxygens (including phenoxy) is 2. The van der Waals surface area contributed by atoms with Crippen molar-refractivity contribution in [3.63, 3.8) is 0 Å². The second-order valence-corrected chi connectivity index (χ2v) is 7.57. The number of carbonyl (C=O) groups is 2. The zero-order valence-electron chi connectivity index (χ0n) is 15.3. The van der Waals surface area contributed by atoms with Crippen molar-refractivity contribution in [1.29, 1.82) is 0 Å². The van der Waals surface area contributed by atoms with E-state index in [0.717, 1.165) is 34.6 Å². The van der Waals surface area contributed by atoms with Crippen molar-refractivity contribution in [2.75, 3.05) is 19.8 Å². The van der Waals surface area contributed by atoms with Crippen molar-refractivity contribution in [3.8, 4) is 11.5 Å². The molecule has 0 aromatic heterocycles. The van der Waals surface area contributed by atoms with Crippen LogP contribution in [-0.2, 0) is 16.0 Å². The maximum absolute atomic E-state index is 13.2. The van der Waals surface area contributed by atoms with Crippen LogP contribution in [0.1, 0.15) is 35.1 Å². The summed E-state index contributed by atoms with van der Waals surface area (Å²) >= 11 is 0. The van der Waals surface area contributed by atoms with E-state index in [1.165, 1.54) is 0 Å². The highest BCUT2D eigenvalue weighted by Gasteiger charge is 2.49. The van der Waals surface area contributed by atoms with Gasteiger partial charge in [0.1, 0.15) is 13.2 Å². The number of aliphatic carboxylic acids is 1. The van der Waals surface area contributed by atoms with Crippen LogP contribution in [0.15, 0.2) is 42.5 Å². The average Bonchev–Trinajstić information content (AvgIpc) is 3.52. The second kappa shape index (κ2) is 6.55. The Balaban J connectivity index is 1.37. The Labute approximate surface area is 162 Å². The predicted octanol–water partition coefficient (Wildman–Crippen LogP) is 2.77. The molecule has 1 aliphatic carbocycles. The van der Waals surface area contributed by atoms with Crippen LogP contribution in [0.5, 0.6) is 11.5 Å². The van der Waals surface area contributed by atoms with Gasteiger partial charge in [0, 0.05) is 12.5 Å². The lowest BCUT2D eigenvalue weighted by molar-refractivity contribution is -0.151. The van der Waals surface area contributed by atoms with Crippen molar-refractivity contribution >= 4 is 11.9 Å². The largest absolute Gasteiger partial charge is 0.486 e. The fourth-order valence-electron chi connectivity index (χ4n) is 4.41. The first kappa shape index (κ1) is 17.1. The molecule has 3 atom stereocenters. The normalized spacial score (nSPS) is 25.0. The third kappa shape index (κ3) is 2.80. The number of rotatable bonds is 3. The SMILES string of the molecule is O=C(O)C1c2ccccc2CCN1C(=O)C1CC1c1ccc2c(c1)OCCO2. The Morgan fingerprint density at radius 2 is 1.82 bits per heavy atom. The summed E-state index contributed by atoms with van der Waals surface area (Å²) in [6.45, 7) is 1.51. The molecule has 144 valence electrons. The van der Waals surface area contributed by atoms with Crippen molar-refractivity contribution in [1.82, 2.24) is 4.90 Å². The van der Waals surface area contributed by atoms with E-state index < -0.39 is 12.0 Å². The quantitative estimate of drug-likeness (QED) is 0.888. The van der Waals surface area contributed by atoms with Crippen LogP contribution in [0.25, 0.3) is 0 Å².